The molecule has 1 aliphatic heterocycles. The lowest BCUT2D eigenvalue weighted by molar-refractivity contribution is 0.129. The van der Waals surface area contributed by atoms with Gasteiger partial charge < -0.3 is 4.84 Å². The molecule has 0 radical (unpaired) electrons. The van der Waals surface area contributed by atoms with Crippen LogP contribution in [0.5, 0.6) is 0 Å². The van der Waals surface area contributed by atoms with Gasteiger partial charge in [-0.3, -0.25) is 0 Å². The third-order valence-electron chi connectivity index (χ3n) is 2.38. The van der Waals surface area contributed by atoms with Crippen LogP contribution in [-0.2, 0) is 11.4 Å². The average molecular weight is 300 g/mol. The normalized spacial score (nSPS) is 15.9. The summed E-state index contributed by atoms with van der Waals surface area (Å²) in [4.78, 5) is 5.37. The molecule has 0 amide bonds. The van der Waals surface area contributed by atoms with Crippen LogP contribution in [0.1, 0.15) is 18.4 Å². The predicted octanol–water partition coefficient (Wildman–Crippen LogP) is 3.85. The Hall–Kier alpha value is -0.480. The first-order valence-electron chi connectivity index (χ1n) is 5.34. The highest BCUT2D eigenvalue weighted by Gasteiger charge is 2.07. The third-order valence-corrected chi connectivity index (χ3v) is 3.86. The Morgan fingerprint density at radius 3 is 2.88 bits per heavy atom. The molecule has 4 heteroatoms. The highest BCUT2D eigenvalue weighted by Crippen LogP contribution is 2.16. The van der Waals surface area contributed by atoms with E-state index in [-0.39, 0.29) is 0 Å². The lowest BCUT2D eigenvalue weighted by Crippen LogP contribution is -2.08. The van der Waals surface area contributed by atoms with E-state index in [1.165, 1.54) is 17.2 Å². The summed E-state index contributed by atoms with van der Waals surface area (Å²) in [5, 5.41) is 4.20. The summed E-state index contributed by atoms with van der Waals surface area (Å²) in [6, 6.07) is 8.11. The zero-order valence-corrected chi connectivity index (χ0v) is 11.4. The Balaban J connectivity index is 1.83. The molecule has 0 aromatic heterocycles. The van der Waals surface area contributed by atoms with Gasteiger partial charge in [0.05, 0.1) is 5.71 Å². The molecule has 1 aliphatic rings. The molecule has 0 saturated carbocycles. The van der Waals surface area contributed by atoms with E-state index in [2.05, 4.69) is 27.2 Å². The molecule has 2 nitrogen and oxygen atoms in total. The van der Waals surface area contributed by atoms with Gasteiger partial charge in [0.1, 0.15) is 6.61 Å². The van der Waals surface area contributed by atoms with Gasteiger partial charge >= 0.3 is 0 Å². The van der Waals surface area contributed by atoms with Crippen LogP contribution in [0.4, 0.5) is 0 Å². The van der Waals surface area contributed by atoms with Crippen molar-refractivity contribution in [3.8, 4) is 0 Å². The zero-order valence-electron chi connectivity index (χ0n) is 8.99. The number of halogens is 1. The second-order valence-electron chi connectivity index (χ2n) is 3.67. The molecule has 2 rings (SSSR count). The number of benzene rings is 1. The lowest BCUT2D eigenvalue weighted by atomic mass is 10.2. The Morgan fingerprint density at radius 1 is 1.31 bits per heavy atom. The van der Waals surface area contributed by atoms with E-state index < -0.39 is 0 Å². The predicted molar refractivity (Wildman–Crippen MR) is 72.9 cm³/mol. The maximum atomic E-state index is 5.37. The highest BCUT2D eigenvalue weighted by molar-refractivity contribution is 9.10. The largest absolute Gasteiger partial charge is 0.391 e. The first-order chi connectivity index (χ1) is 7.84. The van der Waals surface area contributed by atoms with E-state index in [4.69, 9.17) is 4.84 Å². The van der Waals surface area contributed by atoms with Crippen molar-refractivity contribution in [2.45, 2.75) is 19.4 Å². The third kappa shape index (κ3) is 3.83. The van der Waals surface area contributed by atoms with Gasteiger partial charge in [-0.2, -0.15) is 11.8 Å². The van der Waals surface area contributed by atoms with Gasteiger partial charge in [-0.1, -0.05) is 33.2 Å². The first kappa shape index (κ1) is 12.0. The van der Waals surface area contributed by atoms with E-state index >= 15 is 0 Å². The fourth-order valence-electron chi connectivity index (χ4n) is 1.52. The van der Waals surface area contributed by atoms with Gasteiger partial charge in [-0.25, -0.2) is 0 Å². The van der Waals surface area contributed by atoms with Gasteiger partial charge in [-0.15, -0.1) is 0 Å². The maximum absolute atomic E-state index is 5.37. The summed E-state index contributed by atoms with van der Waals surface area (Å²) in [5.74, 6) is 2.36. The van der Waals surface area contributed by atoms with Gasteiger partial charge in [0.25, 0.3) is 0 Å². The smallest absolute Gasteiger partial charge is 0.142 e. The molecule has 1 fully saturated rings. The molecule has 0 atom stereocenters. The van der Waals surface area contributed by atoms with Crippen molar-refractivity contribution in [3.63, 3.8) is 0 Å². The number of rotatable bonds is 3. The summed E-state index contributed by atoms with van der Waals surface area (Å²) in [5.41, 5.74) is 2.35. The molecule has 0 bridgehead atoms. The van der Waals surface area contributed by atoms with E-state index in [9.17, 15) is 0 Å². The fourth-order valence-corrected chi connectivity index (χ4v) is 2.93. The molecule has 86 valence electrons. The van der Waals surface area contributed by atoms with Crippen LogP contribution in [-0.4, -0.2) is 17.2 Å². The van der Waals surface area contributed by atoms with Gasteiger partial charge in [0.2, 0.25) is 0 Å². The minimum absolute atomic E-state index is 0.552. The van der Waals surface area contributed by atoms with Crippen molar-refractivity contribution < 1.29 is 4.84 Å². The molecular weight excluding hydrogens is 286 g/mol. The van der Waals surface area contributed by atoms with Gasteiger partial charge in [0.15, 0.2) is 0 Å². The molecule has 1 aromatic carbocycles. The standard InChI is InChI=1S/C12H14BrNOS/c13-11-3-1-2-10(8-11)9-15-14-12-4-6-16-7-5-12/h1-3,8H,4-7,9H2. The SMILES string of the molecule is Brc1cccc(CON=C2CCSCC2)c1. The van der Waals surface area contributed by atoms with Crippen molar-refractivity contribution >= 4 is 33.4 Å². The van der Waals surface area contributed by atoms with Crippen molar-refractivity contribution in [1.29, 1.82) is 0 Å². The minimum Gasteiger partial charge on any atom is -0.391 e. The van der Waals surface area contributed by atoms with E-state index in [1.807, 2.05) is 30.0 Å². The summed E-state index contributed by atoms with van der Waals surface area (Å²) >= 11 is 5.42. The molecule has 1 saturated heterocycles. The van der Waals surface area contributed by atoms with Crippen molar-refractivity contribution in [1.82, 2.24) is 0 Å². The van der Waals surface area contributed by atoms with E-state index in [0.29, 0.717) is 6.61 Å². The minimum atomic E-state index is 0.552. The topological polar surface area (TPSA) is 21.6 Å². The molecule has 0 N–H and O–H groups in total. The van der Waals surface area contributed by atoms with Crippen LogP contribution in [0.3, 0.4) is 0 Å². The number of hydrogen-bond donors (Lipinski definition) is 0. The molecule has 0 spiro atoms. The second kappa shape index (κ2) is 6.30. The summed E-state index contributed by atoms with van der Waals surface area (Å²) in [6.07, 6.45) is 2.15. The van der Waals surface area contributed by atoms with Gasteiger partial charge in [-0.05, 0) is 42.0 Å². The Bertz CT molecular complexity index is 373. The number of oxime groups is 1. The molecule has 1 aromatic rings. The molecular formula is C12H14BrNOS. The number of hydrogen-bond acceptors (Lipinski definition) is 3. The Labute approximate surface area is 109 Å². The summed E-state index contributed by atoms with van der Waals surface area (Å²) < 4.78 is 1.08. The quantitative estimate of drug-likeness (QED) is 0.791. The zero-order chi connectivity index (χ0) is 11.2. The maximum Gasteiger partial charge on any atom is 0.142 e. The van der Waals surface area contributed by atoms with E-state index in [1.54, 1.807) is 0 Å². The molecule has 0 unspecified atom stereocenters. The fraction of sp³-hybridized carbons (Fsp3) is 0.417. The monoisotopic (exact) mass is 299 g/mol. The molecule has 0 aliphatic carbocycles. The lowest BCUT2D eigenvalue weighted by Gasteiger charge is -2.11. The van der Waals surface area contributed by atoms with Crippen LogP contribution in [0, 0.1) is 0 Å². The van der Waals surface area contributed by atoms with E-state index in [0.717, 1.165) is 22.9 Å². The Kier molecular flexibility index (Phi) is 4.72. The number of thioether (sulfide) groups is 1. The average Bonchev–Trinajstić information content (AvgIpc) is 2.30. The molecule has 1 heterocycles. The van der Waals surface area contributed by atoms with Crippen molar-refractivity contribution in [2.24, 2.45) is 5.16 Å². The molecule has 16 heavy (non-hydrogen) atoms. The van der Waals surface area contributed by atoms with Crippen LogP contribution in [0.25, 0.3) is 0 Å². The van der Waals surface area contributed by atoms with Crippen LogP contribution in [0.15, 0.2) is 33.9 Å². The highest BCUT2D eigenvalue weighted by atomic mass is 79.9. The van der Waals surface area contributed by atoms with Crippen LogP contribution >= 0.6 is 27.7 Å². The Morgan fingerprint density at radius 2 is 2.12 bits per heavy atom. The second-order valence-corrected chi connectivity index (χ2v) is 5.81. The van der Waals surface area contributed by atoms with Crippen molar-refractivity contribution in [3.05, 3.63) is 34.3 Å². The van der Waals surface area contributed by atoms with Gasteiger partial charge in [0, 0.05) is 4.47 Å². The number of nitrogens with zero attached hydrogens (tertiary/aromatic N) is 1. The van der Waals surface area contributed by atoms with Crippen molar-refractivity contribution in [2.75, 3.05) is 11.5 Å². The first-order valence-corrected chi connectivity index (χ1v) is 7.29. The van der Waals surface area contributed by atoms with Crippen LogP contribution < -0.4 is 0 Å². The van der Waals surface area contributed by atoms with Crippen LogP contribution in [0.2, 0.25) is 0 Å². The summed E-state index contributed by atoms with van der Waals surface area (Å²) in [6.45, 7) is 0.552. The summed E-state index contributed by atoms with van der Waals surface area (Å²) in [7, 11) is 0.